The summed E-state index contributed by atoms with van der Waals surface area (Å²) in [6.45, 7) is 0. The van der Waals surface area contributed by atoms with Gasteiger partial charge in [-0.2, -0.15) is 0 Å². The zero-order chi connectivity index (χ0) is 31.9. The van der Waals surface area contributed by atoms with E-state index in [0.717, 1.165) is 11.4 Å². The van der Waals surface area contributed by atoms with E-state index >= 15 is 0 Å². The molecule has 0 atom stereocenters. The van der Waals surface area contributed by atoms with E-state index < -0.39 is 0 Å². The molecule has 0 radical (unpaired) electrons. The predicted molar refractivity (Wildman–Crippen MR) is 208 cm³/mol. The topological polar surface area (TPSA) is 3.24 Å². The monoisotopic (exact) mass is 629 g/mol. The fourth-order valence-electron chi connectivity index (χ4n) is 6.99. The highest BCUT2D eigenvalue weighted by Gasteiger charge is 2.19. The minimum atomic E-state index is 1.12. The van der Waals surface area contributed by atoms with Crippen LogP contribution >= 0.6 is 11.3 Å². The summed E-state index contributed by atoms with van der Waals surface area (Å²) < 4.78 is 2.59. The third-order valence-corrected chi connectivity index (χ3v) is 10.5. The highest BCUT2D eigenvalue weighted by atomic mass is 32.1. The number of rotatable bonds is 6. The van der Waals surface area contributed by atoms with Crippen molar-refractivity contribution in [2.45, 2.75) is 0 Å². The van der Waals surface area contributed by atoms with Gasteiger partial charge in [0, 0.05) is 26.8 Å². The van der Waals surface area contributed by atoms with E-state index in [9.17, 15) is 0 Å². The normalized spacial score (nSPS) is 11.3. The molecule has 9 aromatic rings. The molecular weight excluding hydrogens is 599 g/mol. The number of nitrogens with zero attached hydrogens (tertiary/aromatic N) is 1. The van der Waals surface area contributed by atoms with Crippen LogP contribution in [0, 0.1) is 0 Å². The van der Waals surface area contributed by atoms with Crippen molar-refractivity contribution in [3.8, 4) is 33.4 Å². The Kier molecular flexibility index (Phi) is 7.07. The molecule has 8 aromatic carbocycles. The summed E-state index contributed by atoms with van der Waals surface area (Å²) in [4.78, 5) is 2.41. The smallest absolute Gasteiger partial charge is 0.0640 e. The van der Waals surface area contributed by atoms with Gasteiger partial charge in [0.05, 0.1) is 10.4 Å². The Morgan fingerprint density at radius 3 is 1.65 bits per heavy atom. The van der Waals surface area contributed by atoms with Gasteiger partial charge >= 0.3 is 0 Å². The van der Waals surface area contributed by atoms with Gasteiger partial charge in [-0.15, -0.1) is 11.3 Å². The van der Waals surface area contributed by atoms with Gasteiger partial charge in [0.15, 0.2) is 0 Å². The number of fused-ring (bicyclic) bond motifs is 4. The molecule has 1 aromatic heterocycles. The number of thiophene rings is 1. The van der Waals surface area contributed by atoms with E-state index in [1.807, 2.05) is 11.3 Å². The van der Waals surface area contributed by atoms with Gasteiger partial charge in [-0.25, -0.2) is 0 Å². The molecule has 0 saturated heterocycles. The van der Waals surface area contributed by atoms with Crippen LogP contribution in [-0.4, -0.2) is 0 Å². The molecule has 2 heteroatoms. The summed E-state index contributed by atoms with van der Waals surface area (Å²) in [5, 5.41) is 5.11. The van der Waals surface area contributed by atoms with Crippen LogP contribution in [0.3, 0.4) is 0 Å². The Labute approximate surface area is 284 Å². The molecule has 0 spiro atoms. The summed E-state index contributed by atoms with van der Waals surface area (Å²) in [7, 11) is 0. The molecule has 226 valence electrons. The van der Waals surface area contributed by atoms with Gasteiger partial charge in [-0.05, 0) is 80.6 Å². The Morgan fingerprint density at radius 1 is 0.354 bits per heavy atom. The maximum atomic E-state index is 2.41. The van der Waals surface area contributed by atoms with Crippen LogP contribution in [0.15, 0.2) is 188 Å². The Bertz CT molecular complexity index is 2530. The molecule has 0 aliphatic heterocycles. The van der Waals surface area contributed by atoms with Crippen LogP contribution < -0.4 is 4.90 Å². The molecule has 1 nitrogen and oxygen atoms in total. The van der Waals surface area contributed by atoms with Crippen molar-refractivity contribution in [2.75, 3.05) is 4.90 Å². The van der Waals surface area contributed by atoms with Crippen LogP contribution in [0.25, 0.3) is 64.3 Å². The summed E-state index contributed by atoms with van der Waals surface area (Å²) in [5.41, 5.74) is 10.8. The summed E-state index contributed by atoms with van der Waals surface area (Å²) in [6.07, 6.45) is 0. The number of hydrogen-bond acceptors (Lipinski definition) is 2. The van der Waals surface area contributed by atoms with E-state index in [4.69, 9.17) is 0 Å². The van der Waals surface area contributed by atoms with Gasteiger partial charge in [-0.3, -0.25) is 0 Å². The first-order valence-corrected chi connectivity index (χ1v) is 17.2. The lowest BCUT2D eigenvalue weighted by atomic mass is 9.90. The number of anilines is 3. The maximum absolute atomic E-state index is 2.41. The van der Waals surface area contributed by atoms with Gasteiger partial charge < -0.3 is 4.90 Å². The minimum Gasteiger partial charge on any atom is -0.309 e. The van der Waals surface area contributed by atoms with Crippen LogP contribution in [0.2, 0.25) is 0 Å². The molecule has 0 N–H and O–H groups in total. The summed E-state index contributed by atoms with van der Waals surface area (Å²) in [5.74, 6) is 0. The largest absolute Gasteiger partial charge is 0.309 e. The minimum absolute atomic E-state index is 1.12. The van der Waals surface area contributed by atoms with Gasteiger partial charge in [0.25, 0.3) is 0 Å². The van der Waals surface area contributed by atoms with Crippen LogP contribution in [-0.2, 0) is 0 Å². The quantitative estimate of drug-likeness (QED) is 0.177. The summed E-state index contributed by atoms with van der Waals surface area (Å²) in [6, 6.07) is 68.1. The Hall–Kier alpha value is -5.96. The van der Waals surface area contributed by atoms with E-state index in [0.29, 0.717) is 0 Å². The zero-order valence-electron chi connectivity index (χ0n) is 26.3. The molecule has 1 heterocycles. The summed E-state index contributed by atoms with van der Waals surface area (Å²) >= 11 is 1.86. The van der Waals surface area contributed by atoms with Gasteiger partial charge in [0.1, 0.15) is 0 Å². The van der Waals surface area contributed by atoms with Gasteiger partial charge in [0.2, 0.25) is 0 Å². The Balaban J connectivity index is 1.20. The molecule has 0 fully saturated rings. The lowest BCUT2D eigenvalue weighted by Gasteiger charge is -2.26. The molecule has 48 heavy (non-hydrogen) atoms. The third kappa shape index (κ3) is 4.95. The number of hydrogen-bond donors (Lipinski definition) is 0. The molecule has 0 aliphatic carbocycles. The molecule has 0 saturated carbocycles. The van der Waals surface area contributed by atoms with E-state index in [1.165, 1.54) is 70.0 Å². The fraction of sp³-hybridized carbons (Fsp3) is 0. The van der Waals surface area contributed by atoms with Crippen molar-refractivity contribution >= 4 is 59.3 Å². The molecule has 0 aliphatic rings. The molecule has 9 rings (SSSR count). The lowest BCUT2D eigenvalue weighted by Crippen LogP contribution is -2.10. The van der Waals surface area contributed by atoms with E-state index in [2.05, 4.69) is 193 Å². The van der Waals surface area contributed by atoms with Crippen molar-refractivity contribution < 1.29 is 0 Å². The van der Waals surface area contributed by atoms with Crippen LogP contribution in [0.4, 0.5) is 17.1 Å². The molecule has 0 amide bonds. The molecule has 0 unspecified atom stereocenters. The van der Waals surface area contributed by atoms with Crippen molar-refractivity contribution in [1.82, 2.24) is 0 Å². The average Bonchev–Trinajstić information content (AvgIpc) is 3.55. The van der Waals surface area contributed by atoms with Crippen molar-refractivity contribution in [3.05, 3.63) is 188 Å². The van der Waals surface area contributed by atoms with Crippen LogP contribution in [0.1, 0.15) is 0 Å². The van der Waals surface area contributed by atoms with Gasteiger partial charge in [-0.1, -0.05) is 152 Å². The second kappa shape index (κ2) is 12.0. The Morgan fingerprint density at radius 2 is 0.917 bits per heavy atom. The highest BCUT2D eigenvalue weighted by Crippen LogP contribution is 2.46. The van der Waals surface area contributed by atoms with Crippen molar-refractivity contribution in [3.63, 3.8) is 0 Å². The first-order chi connectivity index (χ1) is 23.8. The fourth-order valence-corrected chi connectivity index (χ4v) is 8.19. The SMILES string of the molecule is c1ccc(-c2ccc(N(c3ccc(-c4ccc5ccccc5c4-c4ccccc4)cc3)c3cccc4c3sc3ccccc34)cc2)cc1. The molecule has 0 bridgehead atoms. The third-order valence-electron chi connectivity index (χ3n) is 9.29. The van der Waals surface area contributed by atoms with E-state index in [1.54, 1.807) is 0 Å². The number of benzene rings is 8. The standard InChI is InChI=1S/C46H31NS/c1-3-12-32(13-4-1)33-22-27-37(28-23-33)47(43-20-11-19-42-41-18-9-10-21-44(41)48-46(42)43)38-29-24-35(25-30-38)40-31-26-34-14-7-8-17-39(34)45(40)36-15-5-2-6-16-36/h1-31H. The van der Waals surface area contributed by atoms with E-state index in [-0.39, 0.29) is 0 Å². The first-order valence-electron chi connectivity index (χ1n) is 16.4. The predicted octanol–water partition coefficient (Wildman–Crippen LogP) is 13.7. The van der Waals surface area contributed by atoms with Crippen molar-refractivity contribution in [2.24, 2.45) is 0 Å². The maximum Gasteiger partial charge on any atom is 0.0640 e. The second-order valence-corrected chi connectivity index (χ2v) is 13.2. The van der Waals surface area contributed by atoms with Crippen molar-refractivity contribution in [1.29, 1.82) is 0 Å². The highest BCUT2D eigenvalue weighted by molar-refractivity contribution is 7.26. The van der Waals surface area contributed by atoms with Crippen LogP contribution in [0.5, 0.6) is 0 Å². The lowest BCUT2D eigenvalue weighted by molar-refractivity contribution is 1.30. The zero-order valence-corrected chi connectivity index (χ0v) is 27.1. The second-order valence-electron chi connectivity index (χ2n) is 12.1. The first kappa shape index (κ1) is 28.3. The molecular formula is C46H31NS. The average molecular weight is 630 g/mol.